The minimum atomic E-state index is -3.89. The summed E-state index contributed by atoms with van der Waals surface area (Å²) in [5.74, 6) is -0.864. The highest BCUT2D eigenvalue weighted by Gasteiger charge is 2.35. The number of amides is 2. The fourth-order valence-corrected chi connectivity index (χ4v) is 3.51. The summed E-state index contributed by atoms with van der Waals surface area (Å²) in [4.78, 5) is 26.4. The van der Waals surface area contributed by atoms with Crippen molar-refractivity contribution < 1.29 is 22.7 Å². The van der Waals surface area contributed by atoms with E-state index in [-0.39, 0.29) is 41.5 Å². The third kappa shape index (κ3) is 3.28. The molecule has 3 N–H and O–H groups in total. The van der Waals surface area contributed by atoms with Crippen molar-refractivity contribution in [3.05, 3.63) is 29.3 Å². The highest BCUT2D eigenvalue weighted by Crippen LogP contribution is 2.20. The maximum absolute atomic E-state index is 12.9. The minimum absolute atomic E-state index is 0.107. The van der Waals surface area contributed by atoms with Crippen molar-refractivity contribution in [3.8, 4) is 0 Å². The maximum atomic E-state index is 12.9. The van der Waals surface area contributed by atoms with Crippen molar-refractivity contribution in [2.45, 2.75) is 17.9 Å². The third-order valence-corrected chi connectivity index (χ3v) is 5.20. The Labute approximate surface area is 140 Å². The number of nitrogens with zero attached hydrogens (tertiary/aromatic N) is 1. The lowest BCUT2D eigenvalue weighted by Crippen LogP contribution is -2.44. The second kappa shape index (κ2) is 6.15. The van der Waals surface area contributed by atoms with Crippen LogP contribution in [-0.4, -0.2) is 57.5 Å². The van der Waals surface area contributed by atoms with Gasteiger partial charge in [0.1, 0.15) is 0 Å². The van der Waals surface area contributed by atoms with Crippen LogP contribution in [0, 0.1) is 12.8 Å². The Morgan fingerprint density at radius 2 is 2.08 bits per heavy atom. The quantitative estimate of drug-likeness (QED) is 0.724. The third-order valence-electron chi connectivity index (χ3n) is 4.29. The molecule has 2 heterocycles. The van der Waals surface area contributed by atoms with E-state index in [1.807, 2.05) is 0 Å². The van der Waals surface area contributed by atoms with Crippen molar-refractivity contribution in [2.75, 3.05) is 26.3 Å². The molecule has 2 bridgehead atoms. The topological polar surface area (TPSA) is 119 Å². The highest BCUT2D eigenvalue weighted by molar-refractivity contribution is 7.89. The van der Waals surface area contributed by atoms with E-state index in [4.69, 9.17) is 9.88 Å². The van der Waals surface area contributed by atoms with Crippen molar-refractivity contribution in [2.24, 2.45) is 11.1 Å². The summed E-state index contributed by atoms with van der Waals surface area (Å²) in [7, 11) is -3.89. The lowest BCUT2D eigenvalue weighted by Gasteiger charge is -2.28. The van der Waals surface area contributed by atoms with Crippen LogP contribution in [-0.2, 0) is 19.6 Å². The normalized spacial score (nSPS) is 24.2. The SMILES string of the molecule is Cc1ccc(S(N)(=O)=O)cc1C(=O)N1C[C@H]2COC[C@@H](C1)C(=O)N2. The van der Waals surface area contributed by atoms with Gasteiger partial charge in [-0.25, -0.2) is 13.6 Å². The van der Waals surface area contributed by atoms with Crippen LogP contribution in [0.5, 0.6) is 0 Å². The van der Waals surface area contributed by atoms with E-state index in [0.29, 0.717) is 18.7 Å². The van der Waals surface area contributed by atoms with Gasteiger partial charge in [-0.15, -0.1) is 0 Å². The molecule has 2 saturated heterocycles. The average Bonchev–Trinajstić information content (AvgIpc) is 2.74. The number of aryl methyl sites for hydroxylation is 1. The summed E-state index contributed by atoms with van der Waals surface area (Å²) in [6.07, 6.45) is 0. The van der Waals surface area contributed by atoms with Crippen LogP contribution < -0.4 is 10.5 Å². The van der Waals surface area contributed by atoms with E-state index in [1.165, 1.54) is 12.1 Å². The number of benzene rings is 1. The van der Waals surface area contributed by atoms with Gasteiger partial charge in [-0.2, -0.15) is 0 Å². The van der Waals surface area contributed by atoms with E-state index in [0.717, 1.165) is 0 Å². The number of carbonyl (C=O) groups is 2. The van der Waals surface area contributed by atoms with Crippen molar-refractivity contribution in [1.82, 2.24) is 10.2 Å². The Hall–Kier alpha value is -1.97. The van der Waals surface area contributed by atoms with Crippen LogP contribution in [0.3, 0.4) is 0 Å². The molecular weight excluding hydrogens is 334 g/mol. The predicted molar refractivity (Wildman–Crippen MR) is 84.7 cm³/mol. The first kappa shape index (κ1) is 16.9. The number of hydrogen-bond donors (Lipinski definition) is 2. The first-order valence-corrected chi connectivity index (χ1v) is 9.11. The van der Waals surface area contributed by atoms with Gasteiger partial charge in [-0.3, -0.25) is 9.59 Å². The zero-order valence-electron chi connectivity index (χ0n) is 13.2. The number of sulfonamides is 1. The van der Waals surface area contributed by atoms with Gasteiger partial charge in [0.15, 0.2) is 0 Å². The number of primary sulfonamides is 1. The summed E-state index contributed by atoms with van der Waals surface area (Å²) < 4.78 is 28.5. The van der Waals surface area contributed by atoms with Crippen molar-refractivity contribution in [1.29, 1.82) is 0 Å². The minimum Gasteiger partial charge on any atom is -0.378 e. The molecular formula is C15H19N3O5S. The molecule has 24 heavy (non-hydrogen) atoms. The summed E-state index contributed by atoms with van der Waals surface area (Å²) in [6, 6.07) is 3.95. The monoisotopic (exact) mass is 353 g/mol. The molecule has 9 heteroatoms. The molecule has 0 aliphatic carbocycles. The van der Waals surface area contributed by atoms with Gasteiger partial charge < -0.3 is 15.0 Å². The lowest BCUT2D eigenvalue weighted by molar-refractivity contribution is -0.125. The molecule has 0 radical (unpaired) electrons. The summed E-state index contributed by atoms with van der Waals surface area (Å²) in [5.41, 5.74) is 0.923. The number of ether oxygens (including phenoxy) is 1. The number of nitrogens with one attached hydrogen (secondary N) is 1. The summed E-state index contributed by atoms with van der Waals surface area (Å²) in [5, 5.41) is 8.00. The Morgan fingerprint density at radius 3 is 2.79 bits per heavy atom. The highest BCUT2D eigenvalue weighted by atomic mass is 32.2. The number of carbonyl (C=O) groups excluding carboxylic acids is 2. The number of nitrogens with two attached hydrogens (primary N) is 1. The molecule has 2 atom stereocenters. The Bertz CT molecular complexity index is 792. The molecule has 3 rings (SSSR count). The van der Waals surface area contributed by atoms with Gasteiger partial charge in [0.05, 0.1) is 30.1 Å². The van der Waals surface area contributed by atoms with Crippen LogP contribution in [0.1, 0.15) is 15.9 Å². The van der Waals surface area contributed by atoms with E-state index in [9.17, 15) is 18.0 Å². The second-order valence-corrected chi connectivity index (χ2v) is 7.73. The van der Waals surface area contributed by atoms with Crippen molar-refractivity contribution >= 4 is 21.8 Å². The molecule has 8 nitrogen and oxygen atoms in total. The van der Waals surface area contributed by atoms with Crippen LogP contribution in [0.2, 0.25) is 0 Å². The Morgan fingerprint density at radius 1 is 1.33 bits per heavy atom. The molecule has 0 unspecified atom stereocenters. The molecule has 2 amide bonds. The molecule has 1 aromatic rings. The van der Waals surface area contributed by atoms with Gasteiger partial charge in [0.25, 0.3) is 5.91 Å². The predicted octanol–water partition coefficient (Wildman–Crippen LogP) is -0.771. The van der Waals surface area contributed by atoms with E-state index in [2.05, 4.69) is 5.32 Å². The zero-order valence-corrected chi connectivity index (χ0v) is 14.0. The molecule has 130 valence electrons. The van der Waals surface area contributed by atoms with Gasteiger partial charge in [-0.1, -0.05) is 6.07 Å². The van der Waals surface area contributed by atoms with E-state index < -0.39 is 15.9 Å². The van der Waals surface area contributed by atoms with E-state index in [1.54, 1.807) is 17.9 Å². The summed E-state index contributed by atoms with van der Waals surface area (Å²) in [6.45, 7) is 2.90. The Kier molecular flexibility index (Phi) is 4.33. The first-order valence-electron chi connectivity index (χ1n) is 7.56. The average molecular weight is 353 g/mol. The van der Waals surface area contributed by atoms with Gasteiger partial charge in [-0.05, 0) is 24.6 Å². The molecule has 2 fully saturated rings. The van der Waals surface area contributed by atoms with Gasteiger partial charge >= 0.3 is 0 Å². The fourth-order valence-electron chi connectivity index (χ4n) is 2.97. The number of hydrogen-bond acceptors (Lipinski definition) is 5. The fraction of sp³-hybridized carbons (Fsp3) is 0.467. The maximum Gasteiger partial charge on any atom is 0.254 e. The molecule has 2 aliphatic heterocycles. The second-order valence-electron chi connectivity index (χ2n) is 6.17. The molecule has 0 aromatic heterocycles. The summed E-state index contributed by atoms with van der Waals surface area (Å²) >= 11 is 0. The van der Waals surface area contributed by atoms with Gasteiger partial charge in [0.2, 0.25) is 15.9 Å². The Balaban J connectivity index is 1.93. The largest absolute Gasteiger partial charge is 0.378 e. The zero-order chi connectivity index (χ0) is 17.5. The first-order chi connectivity index (χ1) is 11.3. The van der Waals surface area contributed by atoms with Crippen LogP contribution in [0.15, 0.2) is 23.1 Å². The molecule has 1 aromatic carbocycles. The smallest absolute Gasteiger partial charge is 0.254 e. The standard InChI is InChI=1S/C15H19N3O5S/c1-9-2-3-12(24(16,21)22)4-13(9)15(20)18-5-10-7-23-8-11(6-18)17-14(10)19/h2-4,10-11H,5-8H2,1H3,(H,17,19)(H2,16,21,22)/t10-,11+/m1/s1. The molecule has 2 aliphatic rings. The number of fused-ring (bicyclic) bond motifs is 3. The lowest BCUT2D eigenvalue weighted by atomic mass is 10.1. The van der Waals surface area contributed by atoms with Crippen LogP contribution >= 0.6 is 0 Å². The number of rotatable bonds is 2. The van der Waals surface area contributed by atoms with Crippen LogP contribution in [0.25, 0.3) is 0 Å². The van der Waals surface area contributed by atoms with E-state index >= 15 is 0 Å². The molecule has 0 saturated carbocycles. The van der Waals surface area contributed by atoms with Gasteiger partial charge in [0, 0.05) is 18.7 Å². The van der Waals surface area contributed by atoms with Crippen molar-refractivity contribution in [3.63, 3.8) is 0 Å². The van der Waals surface area contributed by atoms with Crippen LogP contribution in [0.4, 0.5) is 0 Å². The molecule has 0 spiro atoms.